The minimum Gasteiger partial charge on any atom is -0.389 e. The monoisotopic (exact) mass is 420 g/mol. The van der Waals surface area contributed by atoms with Gasteiger partial charge in [0, 0.05) is 35.8 Å². The molecule has 154 valence electrons. The molecule has 1 aliphatic carbocycles. The fourth-order valence-electron chi connectivity index (χ4n) is 3.98. The lowest BCUT2D eigenvalue weighted by molar-refractivity contribution is 0.199. The number of nitrogens with one attached hydrogen (secondary N) is 1. The van der Waals surface area contributed by atoms with Crippen LogP contribution in [0.15, 0.2) is 48.5 Å². The van der Waals surface area contributed by atoms with Crippen LogP contribution in [0.1, 0.15) is 54.2 Å². The van der Waals surface area contributed by atoms with Gasteiger partial charge in [0.2, 0.25) is 5.95 Å². The average molecular weight is 421 g/mol. The second kappa shape index (κ2) is 7.89. The summed E-state index contributed by atoms with van der Waals surface area (Å²) in [5.41, 5.74) is 5.59. The molecule has 0 saturated heterocycles. The number of aliphatic hydroxyl groups is 1. The van der Waals surface area contributed by atoms with E-state index in [1.165, 1.54) is 24.0 Å². The Hall–Kier alpha value is -2.63. The van der Waals surface area contributed by atoms with E-state index in [-0.39, 0.29) is 0 Å². The van der Waals surface area contributed by atoms with E-state index in [0.717, 1.165) is 42.3 Å². The average Bonchev–Trinajstić information content (AvgIpc) is 3.58. The molecule has 6 heteroatoms. The van der Waals surface area contributed by atoms with Gasteiger partial charge in [-0.05, 0) is 61.1 Å². The van der Waals surface area contributed by atoms with Crippen LogP contribution in [0, 0.1) is 0 Å². The Labute approximate surface area is 181 Å². The van der Waals surface area contributed by atoms with Crippen molar-refractivity contribution in [3.05, 3.63) is 75.9 Å². The minimum absolute atomic E-state index is 0.434. The number of aliphatic hydroxyl groups excluding tert-OH is 1. The number of rotatable bonds is 5. The van der Waals surface area contributed by atoms with Crippen molar-refractivity contribution in [3.63, 3.8) is 0 Å². The molecule has 1 fully saturated rings. The molecule has 5 nitrogen and oxygen atoms in total. The van der Waals surface area contributed by atoms with Gasteiger partial charge in [0.25, 0.3) is 0 Å². The summed E-state index contributed by atoms with van der Waals surface area (Å²) in [6.45, 7) is 3.52. The van der Waals surface area contributed by atoms with Crippen molar-refractivity contribution in [2.45, 2.75) is 44.8 Å². The van der Waals surface area contributed by atoms with Crippen LogP contribution in [0.2, 0.25) is 5.02 Å². The van der Waals surface area contributed by atoms with Gasteiger partial charge in [0.05, 0.1) is 11.8 Å². The SMILES string of the molecule is C[C@H](O)c1ccc2c(c1)CCN(c1cc(C3CC3)nc(Nc3cccc(Cl)c3)n1)C2. The molecule has 3 aromatic rings. The third kappa shape index (κ3) is 4.13. The number of halogens is 1. The summed E-state index contributed by atoms with van der Waals surface area (Å²) < 4.78 is 0. The van der Waals surface area contributed by atoms with Gasteiger partial charge in [-0.2, -0.15) is 4.98 Å². The van der Waals surface area contributed by atoms with Crippen molar-refractivity contribution in [3.8, 4) is 0 Å². The number of hydrogen-bond acceptors (Lipinski definition) is 5. The molecule has 2 N–H and O–H groups in total. The van der Waals surface area contributed by atoms with Crippen molar-refractivity contribution >= 4 is 29.1 Å². The lowest BCUT2D eigenvalue weighted by Gasteiger charge is -2.30. The van der Waals surface area contributed by atoms with Crippen molar-refractivity contribution in [2.24, 2.45) is 0 Å². The topological polar surface area (TPSA) is 61.3 Å². The third-order valence-electron chi connectivity index (χ3n) is 5.86. The second-order valence-electron chi connectivity index (χ2n) is 8.26. The molecule has 2 heterocycles. The van der Waals surface area contributed by atoms with E-state index < -0.39 is 6.10 Å². The predicted molar refractivity (Wildman–Crippen MR) is 121 cm³/mol. The predicted octanol–water partition coefficient (Wildman–Crippen LogP) is 5.37. The highest BCUT2D eigenvalue weighted by Crippen LogP contribution is 2.40. The smallest absolute Gasteiger partial charge is 0.229 e. The normalized spacial score (nSPS) is 16.8. The molecule has 0 spiro atoms. The Morgan fingerprint density at radius 1 is 1.10 bits per heavy atom. The first kappa shape index (κ1) is 19.3. The number of nitrogens with zero attached hydrogens (tertiary/aromatic N) is 3. The van der Waals surface area contributed by atoms with Crippen molar-refractivity contribution in [1.29, 1.82) is 0 Å². The van der Waals surface area contributed by atoms with Gasteiger partial charge in [0.15, 0.2) is 0 Å². The van der Waals surface area contributed by atoms with Gasteiger partial charge < -0.3 is 15.3 Å². The highest BCUT2D eigenvalue weighted by molar-refractivity contribution is 6.30. The van der Waals surface area contributed by atoms with Gasteiger partial charge in [0.1, 0.15) is 5.82 Å². The van der Waals surface area contributed by atoms with E-state index in [4.69, 9.17) is 21.6 Å². The zero-order valence-electron chi connectivity index (χ0n) is 17.0. The van der Waals surface area contributed by atoms with E-state index >= 15 is 0 Å². The summed E-state index contributed by atoms with van der Waals surface area (Å²) in [4.78, 5) is 11.9. The summed E-state index contributed by atoms with van der Waals surface area (Å²) in [6.07, 6.45) is 2.89. The quantitative estimate of drug-likeness (QED) is 0.581. The van der Waals surface area contributed by atoms with Crippen molar-refractivity contribution < 1.29 is 5.11 Å². The van der Waals surface area contributed by atoms with Gasteiger partial charge in [-0.3, -0.25) is 0 Å². The molecule has 1 atom stereocenters. The van der Waals surface area contributed by atoms with Crippen LogP contribution in [0.4, 0.5) is 17.5 Å². The number of benzene rings is 2. The number of aromatic nitrogens is 2. The molecular formula is C24H25ClN4O. The fourth-order valence-corrected chi connectivity index (χ4v) is 4.17. The molecule has 2 aliphatic rings. The molecular weight excluding hydrogens is 396 g/mol. The first-order valence-electron chi connectivity index (χ1n) is 10.5. The Balaban J connectivity index is 1.43. The van der Waals surface area contributed by atoms with E-state index in [9.17, 15) is 5.11 Å². The van der Waals surface area contributed by atoms with Crippen LogP contribution in [0.25, 0.3) is 0 Å². The van der Waals surface area contributed by atoms with Crippen LogP contribution in [-0.2, 0) is 13.0 Å². The Kier molecular flexibility index (Phi) is 5.09. The molecule has 0 amide bonds. The van der Waals surface area contributed by atoms with Crippen LogP contribution >= 0.6 is 11.6 Å². The fraction of sp³-hybridized carbons (Fsp3) is 0.333. The van der Waals surface area contributed by atoms with Crippen molar-refractivity contribution in [2.75, 3.05) is 16.8 Å². The maximum Gasteiger partial charge on any atom is 0.229 e. The van der Waals surface area contributed by atoms with E-state index in [1.807, 2.05) is 37.3 Å². The van der Waals surface area contributed by atoms with Gasteiger partial charge >= 0.3 is 0 Å². The van der Waals surface area contributed by atoms with Gasteiger partial charge in [-0.1, -0.05) is 35.9 Å². The highest BCUT2D eigenvalue weighted by atomic mass is 35.5. The summed E-state index contributed by atoms with van der Waals surface area (Å²) in [6, 6.07) is 16.1. The molecule has 0 unspecified atom stereocenters. The second-order valence-corrected chi connectivity index (χ2v) is 8.70. The maximum atomic E-state index is 9.87. The largest absolute Gasteiger partial charge is 0.389 e. The van der Waals surface area contributed by atoms with Crippen LogP contribution in [0.5, 0.6) is 0 Å². The molecule has 5 rings (SSSR count). The minimum atomic E-state index is -0.434. The number of fused-ring (bicyclic) bond motifs is 1. The number of hydrogen-bond donors (Lipinski definition) is 2. The number of anilines is 3. The van der Waals surface area contributed by atoms with Crippen LogP contribution in [-0.4, -0.2) is 21.6 Å². The van der Waals surface area contributed by atoms with Crippen LogP contribution in [0.3, 0.4) is 0 Å². The Morgan fingerprint density at radius 2 is 1.97 bits per heavy atom. The van der Waals surface area contributed by atoms with Gasteiger partial charge in [-0.25, -0.2) is 4.98 Å². The van der Waals surface area contributed by atoms with Gasteiger partial charge in [-0.15, -0.1) is 0 Å². The Bertz CT molecular complexity index is 1080. The maximum absolute atomic E-state index is 9.87. The third-order valence-corrected chi connectivity index (χ3v) is 6.09. The molecule has 0 bridgehead atoms. The molecule has 2 aromatic carbocycles. The van der Waals surface area contributed by atoms with Crippen LogP contribution < -0.4 is 10.2 Å². The molecule has 1 aliphatic heterocycles. The summed E-state index contributed by atoms with van der Waals surface area (Å²) in [5, 5.41) is 13.9. The zero-order valence-corrected chi connectivity index (χ0v) is 17.7. The lowest BCUT2D eigenvalue weighted by atomic mass is 9.96. The molecule has 0 radical (unpaired) electrons. The zero-order chi connectivity index (χ0) is 20.7. The summed E-state index contributed by atoms with van der Waals surface area (Å²) in [5.74, 6) is 2.12. The first-order chi connectivity index (χ1) is 14.5. The summed E-state index contributed by atoms with van der Waals surface area (Å²) >= 11 is 6.13. The first-order valence-corrected chi connectivity index (χ1v) is 10.9. The standard InChI is InChI=1S/C24H25ClN4O/c1-15(30)17-7-8-19-14-29(10-9-18(19)11-17)23-13-22(16-5-6-16)27-24(28-23)26-21-4-2-3-20(25)12-21/h2-4,7-8,11-13,15-16,30H,5-6,9-10,14H2,1H3,(H,26,27,28)/t15-/m0/s1. The van der Waals surface area contributed by atoms with Crippen molar-refractivity contribution in [1.82, 2.24) is 9.97 Å². The lowest BCUT2D eigenvalue weighted by Crippen LogP contribution is -2.31. The van der Waals surface area contributed by atoms with E-state index in [1.54, 1.807) is 0 Å². The highest BCUT2D eigenvalue weighted by Gasteiger charge is 2.28. The Morgan fingerprint density at radius 3 is 2.73 bits per heavy atom. The summed E-state index contributed by atoms with van der Waals surface area (Å²) in [7, 11) is 0. The van der Waals surface area contributed by atoms with E-state index in [2.05, 4.69) is 28.4 Å². The molecule has 1 saturated carbocycles. The molecule has 1 aromatic heterocycles. The van der Waals surface area contributed by atoms with E-state index in [0.29, 0.717) is 16.9 Å². The molecule has 30 heavy (non-hydrogen) atoms.